The molecule has 3 nitrogen and oxygen atoms in total. The van der Waals surface area contributed by atoms with E-state index < -0.39 is 22.2 Å². The number of benzene rings is 14. The zero-order valence-electron chi connectivity index (χ0n) is 59.9. The minimum atomic E-state index is -0.946. The van der Waals surface area contributed by atoms with Crippen LogP contribution < -0.4 is 14.4 Å². The Morgan fingerprint density at radius 2 is 0.673 bits per heavy atom. The molecular weight excluding hydrogens is 1320 g/mol. The predicted molar refractivity (Wildman–Crippen MR) is 425 cm³/mol. The van der Waals surface area contributed by atoms with Crippen LogP contribution in [0.1, 0.15) is 141 Å². The Kier molecular flexibility index (Phi) is 15.9. The molecule has 7 heteroatoms. The quantitative estimate of drug-likeness (QED) is 0.0711. The lowest BCUT2D eigenvalue weighted by Gasteiger charge is -2.35. The molecule has 4 aliphatic rings. The van der Waals surface area contributed by atoms with Crippen molar-refractivity contribution in [1.29, 1.82) is 0 Å². The highest BCUT2D eigenvalue weighted by Gasteiger charge is 2.57. The molecule has 0 bridgehead atoms. The third-order valence-electron chi connectivity index (χ3n) is 23.4. The largest absolute Gasteiger partial charge is 0.457 e. The summed E-state index contributed by atoms with van der Waals surface area (Å²) >= 11 is 0. The normalized spacial score (nSPS) is 18.1. The Hall–Kier alpha value is -12.3. The molecule has 4 aliphatic carbocycles. The van der Waals surface area contributed by atoms with Crippen LogP contribution in [0.5, 0.6) is 23.0 Å². The Morgan fingerprint density at radius 1 is 0.308 bits per heavy atom. The van der Waals surface area contributed by atoms with Gasteiger partial charge in [-0.05, 0) is 268 Å². The van der Waals surface area contributed by atoms with Crippen molar-refractivity contribution in [3.8, 4) is 45.3 Å². The van der Waals surface area contributed by atoms with Gasteiger partial charge in [0.05, 0.1) is 10.8 Å². The summed E-state index contributed by atoms with van der Waals surface area (Å²) in [4.78, 5) is 2.19. The third kappa shape index (κ3) is 10.8. The number of halogens is 4. The molecule has 1 spiro atoms. The van der Waals surface area contributed by atoms with Gasteiger partial charge in [-0.15, -0.1) is 0 Å². The van der Waals surface area contributed by atoms with E-state index >= 15 is 17.6 Å². The molecule has 0 aromatic heterocycles. The van der Waals surface area contributed by atoms with Gasteiger partial charge in [-0.2, -0.15) is 0 Å². The van der Waals surface area contributed by atoms with Crippen LogP contribution in [0.2, 0.25) is 0 Å². The van der Waals surface area contributed by atoms with Crippen LogP contribution >= 0.6 is 0 Å². The fourth-order valence-corrected chi connectivity index (χ4v) is 19.0. The van der Waals surface area contributed by atoms with Gasteiger partial charge in [0.15, 0.2) is 0 Å². The van der Waals surface area contributed by atoms with E-state index in [1.54, 1.807) is 42.5 Å². The van der Waals surface area contributed by atoms with Gasteiger partial charge in [0, 0.05) is 28.4 Å². The smallest absolute Gasteiger partial charge is 0.127 e. The van der Waals surface area contributed by atoms with Crippen molar-refractivity contribution in [1.82, 2.24) is 0 Å². The first kappa shape index (κ1) is 66.6. The zero-order chi connectivity index (χ0) is 73.1. The van der Waals surface area contributed by atoms with Crippen LogP contribution in [-0.4, -0.2) is 0 Å². The first-order valence-corrected chi connectivity index (χ1v) is 36.6. The SMILES string of the molecule is C=Cc1ccc(Oc2ccc(C3(c4ccc(F)cc4)c4ccccc4-c4ccc(C(c5cccc(F)c5)c5ccc6c(c5)C5(CC6(C)C)CC(C)(C)c6ccc(N(c7cccc(F)c7)c7ccc8c(c7)C(c7ccc(F)cc7)(c7ccc(Oc9ccc(C=C)cc9)cc7)c7ccccc7-8)cc65)cc43)cc2)cc1. The zero-order valence-corrected chi connectivity index (χ0v) is 59.9. The second kappa shape index (κ2) is 25.5. The first-order valence-electron chi connectivity index (χ1n) is 36.6. The van der Waals surface area contributed by atoms with Gasteiger partial charge in [-0.3, -0.25) is 0 Å². The van der Waals surface area contributed by atoms with Crippen molar-refractivity contribution in [3.63, 3.8) is 0 Å². The van der Waals surface area contributed by atoms with Gasteiger partial charge in [0.2, 0.25) is 0 Å². The van der Waals surface area contributed by atoms with E-state index in [0.717, 1.165) is 119 Å². The van der Waals surface area contributed by atoms with Gasteiger partial charge in [0.1, 0.15) is 46.3 Å². The van der Waals surface area contributed by atoms with Gasteiger partial charge in [-0.25, -0.2) is 17.6 Å². The summed E-state index contributed by atoms with van der Waals surface area (Å²) < 4.78 is 76.1. The van der Waals surface area contributed by atoms with Crippen molar-refractivity contribution >= 4 is 29.2 Å². The van der Waals surface area contributed by atoms with Crippen LogP contribution in [0.4, 0.5) is 34.6 Å². The minimum Gasteiger partial charge on any atom is -0.457 e. The molecule has 14 aromatic carbocycles. The highest BCUT2D eigenvalue weighted by Crippen LogP contribution is 2.65. The Labute approximate surface area is 622 Å². The molecular formula is C100H75F4NO2. The summed E-state index contributed by atoms with van der Waals surface area (Å²) in [6.45, 7) is 17.3. The number of anilines is 3. The number of nitrogens with zero attached hydrogens (tertiary/aromatic N) is 1. The van der Waals surface area contributed by atoms with Gasteiger partial charge in [-0.1, -0.05) is 241 Å². The Morgan fingerprint density at radius 3 is 1.16 bits per heavy atom. The van der Waals surface area contributed by atoms with Crippen LogP contribution in [0, 0.1) is 23.3 Å². The molecule has 4 unspecified atom stereocenters. The van der Waals surface area contributed by atoms with E-state index in [1.807, 2.05) is 115 Å². The monoisotopic (exact) mass is 1400 g/mol. The number of hydrogen-bond acceptors (Lipinski definition) is 3. The molecule has 520 valence electrons. The van der Waals surface area contributed by atoms with Crippen molar-refractivity contribution in [2.75, 3.05) is 4.90 Å². The molecule has 0 heterocycles. The molecule has 14 aromatic rings. The molecule has 18 rings (SSSR count). The Balaban J connectivity index is 0.787. The first-order chi connectivity index (χ1) is 51.9. The second-order valence-corrected chi connectivity index (χ2v) is 30.5. The van der Waals surface area contributed by atoms with E-state index in [-0.39, 0.29) is 34.1 Å². The van der Waals surface area contributed by atoms with E-state index in [0.29, 0.717) is 28.7 Å². The van der Waals surface area contributed by atoms with E-state index in [4.69, 9.17) is 9.47 Å². The maximum absolute atomic E-state index is 16.3. The molecule has 0 amide bonds. The fraction of sp³-hybridized carbons (Fsp3) is 0.120. The van der Waals surface area contributed by atoms with Crippen LogP contribution in [0.3, 0.4) is 0 Å². The summed E-state index contributed by atoms with van der Waals surface area (Å²) in [6.07, 6.45) is 5.24. The molecule has 0 saturated heterocycles. The molecule has 0 saturated carbocycles. The van der Waals surface area contributed by atoms with Crippen molar-refractivity contribution in [2.24, 2.45) is 0 Å². The van der Waals surface area contributed by atoms with Gasteiger partial charge < -0.3 is 14.4 Å². The topological polar surface area (TPSA) is 21.7 Å². The van der Waals surface area contributed by atoms with Crippen molar-refractivity contribution in [3.05, 3.63) is 446 Å². The average molecular weight is 1400 g/mol. The lowest BCUT2D eigenvalue weighted by atomic mass is 9.67. The predicted octanol–water partition coefficient (Wildman–Crippen LogP) is 26.1. The average Bonchev–Trinajstić information content (AvgIpc) is 1.54. The Bertz CT molecular complexity index is 5500. The summed E-state index contributed by atoms with van der Waals surface area (Å²) in [5.74, 6) is 0.899. The molecule has 0 N–H and O–H groups in total. The number of hydrogen-bond donors (Lipinski definition) is 0. The fourth-order valence-electron chi connectivity index (χ4n) is 19.0. The number of fused-ring (bicyclic) bond motifs is 10. The standard InChI is InChI=1S/C100H75F4NO2/c1-7-63-23-43-79(44-24-63)106-81-47-33-70(34-48-81)99(68-29-37-72(101)38-30-68)87-21-11-9-19-83(87)85-51-27-66(56-91(85)99)95(65-15-13-16-74(103)55-65)67-28-53-89-93(57-67)98(61-96(89,3)4)62-97(5,6)90-54-42-78(60-94(90)98)105(76-18-14-17-75(104)58-76)77-41-52-86-84-20-10-12-22-88(84)100(92(86)59-77,69-31-39-73(102)40-32-69)71-35-49-82(50-36-71)107-80-45-25-64(8-2)26-46-80/h7-60,95H,1-2,61-62H2,3-6H3. The summed E-state index contributed by atoms with van der Waals surface area (Å²) in [6, 6.07) is 104. The summed E-state index contributed by atoms with van der Waals surface area (Å²) in [5.41, 5.74) is 21.1. The molecule has 0 aliphatic heterocycles. The number of ether oxygens (including phenoxy) is 2. The van der Waals surface area contributed by atoms with Crippen molar-refractivity contribution < 1.29 is 27.0 Å². The van der Waals surface area contributed by atoms with Crippen LogP contribution in [0.15, 0.2) is 329 Å². The lowest BCUT2D eigenvalue weighted by Crippen LogP contribution is -2.29. The van der Waals surface area contributed by atoms with Crippen LogP contribution in [0.25, 0.3) is 34.4 Å². The van der Waals surface area contributed by atoms with Crippen LogP contribution in [-0.2, 0) is 27.1 Å². The summed E-state index contributed by atoms with van der Waals surface area (Å²) in [7, 11) is 0. The molecule has 4 atom stereocenters. The lowest BCUT2D eigenvalue weighted by molar-refractivity contribution is 0.349. The molecule has 0 fully saturated rings. The molecule has 107 heavy (non-hydrogen) atoms. The van der Waals surface area contributed by atoms with Gasteiger partial charge >= 0.3 is 0 Å². The van der Waals surface area contributed by atoms with E-state index in [9.17, 15) is 0 Å². The highest BCUT2D eigenvalue weighted by atomic mass is 19.1. The van der Waals surface area contributed by atoms with Gasteiger partial charge in [0.25, 0.3) is 0 Å². The van der Waals surface area contributed by atoms with Crippen molar-refractivity contribution in [2.45, 2.75) is 73.5 Å². The maximum Gasteiger partial charge on any atom is 0.127 e. The van der Waals surface area contributed by atoms with E-state index in [1.165, 1.54) is 46.5 Å². The van der Waals surface area contributed by atoms with E-state index in [2.05, 4.69) is 191 Å². The second-order valence-electron chi connectivity index (χ2n) is 30.5. The highest BCUT2D eigenvalue weighted by molar-refractivity contribution is 5.91. The summed E-state index contributed by atoms with van der Waals surface area (Å²) in [5, 5.41) is 0. The molecule has 0 radical (unpaired) electrons. The third-order valence-corrected chi connectivity index (χ3v) is 23.4. The maximum atomic E-state index is 16.3. The number of rotatable bonds is 16. The minimum absolute atomic E-state index is 0.289.